The van der Waals surface area contributed by atoms with Crippen LogP contribution in [0.1, 0.15) is 46.5 Å². The van der Waals surface area contributed by atoms with Gasteiger partial charge in [0.25, 0.3) is 0 Å². The molecule has 0 aromatic carbocycles. The summed E-state index contributed by atoms with van der Waals surface area (Å²) in [5.74, 6) is 1.65. The molecule has 0 N–H and O–H groups in total. The van der Waals surface area contributed by atoms with E-state index in [0.29, 0.717) is 0 Å². The maximum absolute atomic E-state index is 6.71. The molecule has 0 aromatic heterocycles. The normalized spacial score (nSPS) is 18.2. The molecule has 0 amide bonds. The standard InChI is InChI=1S/C13H30Cl2Si2/c1-12(2)8-7-9-13(3)10-11-17(6,15)16(4,5)14/h12-13H,7-11H2,1-6H3. The van der Waals surface area contributed by atoms with Crippen LogP contribution in [0.3, 0.4) is 0 Å². The second-order valence-electron chi connectivity index (χ2n) is 6.64. The lowest BCUT2D eigenvalue weighted by Crippen LogP contribution is -2.48. The highest BCUT2D eigenvalue weighted by Crippen LogP contribution is 2.33. The van der Waals surface area contributed by atoms with E-state index in [2.05, 4.69) is 40.4 Å². The monoisotopic (exact) mass is 312 g/mol. The molecule has 4 heteroatoms. The Labute approximate surface area is 120 Å². The van der Waals surface area contributed by atoms with Gasteiger partial charge in [0.1, 0.15) is 0 Å². The van der Waals surface area contributed by atoms with E-state index >= 15 is 0 Å². The van der Waals surface area contributed by atoms with Crippen LogP contribution in [0.4, 0.5) is 0 Å². The number of halogens is 2. The van der Waals surface area contributed by atoms with E-state index in [1.165, 1.54) is 31.7 Å². The van der Waals surface area contributed by atoms with E-state index in [-0.39, 0.29) is 0 Å². The minimum Gasteiger partial charge on any atom is -0.170 e. The average molecular weight is 313 g/mol. The molecule has 0 heterocycles. The topological polar surface area (TPSA) is 0 Å². The van der Waals surface area contributed by atoms with Gasteiger partial charge in [-0.1, -0.05) is 66.1 Å². The van der Waals surface area contributed by atoms with Crippen LogP contribution < -0.4 is 0 Å². The van der Waals surface area contributed by atoms with Gasteiger partial charge in [-0.3, -0.25) is 0 Å². The fraction of sp³-hybridized carbons (Fsp3) is 1.00. The van der Waals surface area contributed by atoms with Gasteiger partial charge in [-0.05, 0) is 17.9 Å². The van der Waals surface area contributed by atoms with Crippen LogP contribution in [0.25, 0.3) is 0 Å². The predicted octanol–water partition coefficient (Wildman–Crippen LogP) is 6.18. The van der Waals surface area contributed by atoms with Crippen LogP contribution >= 0.6 is 22.2 Å². The molecule has 0 aromatic rings. The van der Waals surface area contributed by atoms with E-state index in [0.717, 1.165) is 11.8 Å². The van der Waals surface area contributed by atoms with Gasteiger partial charge in [-0.15, -0.1) is 0 Å². The number of hydrogen-bond donors (Lipinski definition) is 0. The maximum atomic E-state index is 6.71. The van der Waals surface area contributed by atoms with Gasteiger partial charge in [-0.2, -0.15) is 22.2 Å². The van der Waals surface area contributed by atoms with Crippen LogP contribution in [0, 0.1) is 11.8 Å². The molecule has 0 aliphatic rings. The molecular weight excluding hydrogens is 283 g/mol. The summed E-state index contributed by atoms with van der Waals surface area (Å²) >= 11 is 13.2. The summed E-state index contributed by atoms with van der Waals surface area (Å²) in [5, 5.41) is 0. The Hall–Kier alpha value is 1.01. The summed E-state index contributed by atoms with van der Waals surface area (Å²) in [5.41, 5.74) is 0. The van der Waals surface area contributed by atoms with E-state index < -0.39 is 13.8 Å². The van der Waals surface area contributed by atoms with Gasteiger partial charge in [0.15, 0.2) is 13.8 Å². The quantitative estimate of drug-likeness (QED) is 0.371. The van der Waals surface area contributed by atoms with Crippen molar-refractivity contribution in [2.24, 2.45) is 11.8 Å². The lowest BCUT2D eigenvalue weighted by atomic mass is 9.98. The molecule has 0 saturated carbocycles. The molecule has 0 bridgehead atoms. The van der Waals surface area contributed by atoms with Crippen molar-refractivity contribution in [3.8, 4) is 0 Å². The van der Waals surface area contributed by atoms with Crippen molar-refractivity contribution in [3.63, 3.8) is 0 Å². The van der Waals surface area contributed by atoms with Crippen molar-refractivity contribution >= 4 is 36.0 Å². The van der Waals surface area contributed by atoms with Crippen molar-refractivity contribution in [2.45, 2.75) is 72.1 Å². The Kier molecular flexibility index (Phi) is 8.02. The molecule has 0 radical (unpaired) electrons. The molecule has 0 nitrogen and oxygen atoms in total. The molecular formula is C13H30Cl2Si2. The van der Waals surface area contributed by atoms with Crippen molar-refractivity contribution < 1.29 is 0 Å². The molecule has 0 saturated heterocycles. The lowest BCUT2D eigenvalue weighted by Gasteiger charge is -2.30. The minimum absolute atomic E-state index is 0.812. The van der Waals surface area contributed by atoms with E-state index in [4.69, 9.17) is 22.2 Å². The smallest absolute Gasteiger partial charge is 0.161 e. The number of rotatable bonds is 8. The van der Waals surface area contributed by atoms with Gasteiger partial charge in [0.2, 0.25) is 0 Å². The highest BCUT2D eigenvalue weighted by atomic mass is 35.6. The van der Waals surface area contributed by atoms with Gasteiger partial charge >= 0.3 is 0 Å². The van der Waals surface area contributed by atoms with Crippen LogP contribution in [0.2, 0.25) is 25.7 Å². The number of hydrogen-bond acceptors (Lipinski definition) is 0. The Morgan fingerprint density at radius 2 is 1.41 bits per heavy atom. The molecule has 0 rings (SSSR count). The van der Waals surface area contributed by atoms with Crippen LogP contribution in [-0.4, -0.2) is 13.8 Å². The highest BCUT2D eigenvalue weighted by molar-refractivity contribution is 7.70. The van der Waals surface area contributed by atoms with Crippen molar-refractivity contribution in [1.29, 1.82) is 0 Å². The van der Waals surface area contributed by atoms with Gasteiger partial charge in [0.05, 0.1) is 0 Å². The van der Waals surface area contributed by atoms with E-state index in [9.17, 15) is 0 Å². The van der Waals surface area contributed by atoms with Crippen molar-refractivity contribution in [1.82, 2.24) is 0 Å². The minimum atomic E-state index is -1.65. The van der Waals surface area contributed by atoms with Gasteiger partial charge in [0, 0.05) is 0 Å². The zero-order valence-electron chi connectivity index (χ0n) is 12.4. The average Bonchev–Trinajstić information content (AvgIpc) is 2.12. The summed E-state index contributed by atoms with van der Waals surface area (Å²) in [4.78, 5) is 0. The third kappa shape index (κ3) is 7.91. The zero-order valence-corrected chi connectivity index (χ0v) is 16.0. The Balaban J connectivity index is 3.88. The van der Waals surface area contributed by atoms with Crippen molar-refractivity contribution in [2.75, 3.05) is 0 Å². The Morgan fingerprint density at radius 3 is 1.82 bits per heavy atom. The second-order valence-corrected chi connectivity index (χ2v) is 26.8. The van der Waals surface area contributed by atoms with Crippen molar-refractivity contribution in [3.05, 3.63) is 0 Å². The summed E-state index contributed by atoms with van der Waals surface area (Å²) in [7, 11) is 0. The SMILES string of the molecule is CC(C)CCCC(C)CC[Si](C)(Cl)[Si](C)(C)Cl. The summed E-state index contributed by atoms with van der Waals surface area (Å²) in [6.07, 6.45) is 5.34. The third-order valence-corrected chi connectivity index (χ3v) is 25.2. The summed E-state index contributed by atoms with van der Waals surface area (Å²) < 4.78 is 0. The molecule has 2 unspecified atom stereocenters. The molecule has 0 fully saturated rings. The van der Waals surface area contributed by atoms with E-state index in [1.807, 2.05) is 0 Å². The first kappa shape index (κ1) is 18.0. The summed E-state index contributed by atoms with van der Waals surface area (Å²) in [6.45, 7) is 10.4. The first-order valence-electron chi connectivity index (χ1n) is 6.94. The molecule has 0 spiro atoms. The Bertz CT molecular complexity index is 210. The Morgan fingerprint density at radius 1 is 0.882 bits per heavy atom. The van der Waals surface area contributed by atoms with Gasteiger partial charge in [-0.25, -0.2) is 0 Å². The first-order valence-corrected chi connectivity index (χ1v) is 15.7. The second kappa shape index (κ2) is 7.57. The third-order valence-electron chi connectivity index (χ3n) is 3.82. The molecule has 0 aliphatic carbocycles. The first-order chi connectivity index (χ1) is 7.56. The molecule has 17 heavy (non-hydrogen) atoms. The zero-order chi connectivity index (χ0) is 13.7. The molecule has 104 valence electrons. The van der Waals surface area contributed by atoms with Crippen LogP contribution in [-0.2, 0) is 0 Å². The maximum Gasteiger partial charge on any atom is 0.161 e. The largest absolute Gasteiger partial charge is 0.170 e. The highest BCUT2D eigenvalue weighted by Gasteiger charge is 2.42. The molecule has 2 atom stereocenters. The lowest BCUT2D eigenvalue weighted by molar-refractivity contribution is 0.448. The van der Waals surface area contributed by atoms with Crippen LogP contribution in [0.5, 0.6) is 0 Å². The van der Waals surface area contributed by atoms with E-state index in [1.54, 1.807) is 0 Å². The predicted molar refractivity (Wildman–Crippen MR) is 88.1 cm³/mol. The summed E-state index contributed by atoms with van der Waals surface area (Å²) in [6, 6.07) is 1.19. The fourth-order valence-corrected chi connectivity index (χ4v) is 6.86. The van der Waals surface area contributed by atoms with Crippen LogP contribution in [0.15, 0.2) is 0 Å². The fourth-order valence-electron chi connectivity index (χ4n) is 1.83. The molecule has 0 aliphatic heterocycles. The van der Waals surface area contributed by atoms with Gasteiger partial charge < -0.3 is 0 Å².